The lowest BCUT2D eigenvalue weighted by atomic mass is 9.93. The van der Waals surface area contributed by atoms with Crippen molar-refractivity contribution in [2.45, 2.75) is 37.8 Å². The lowest BCUT2D eigenvalue weighted by Crippen LogP contribution is -2.30. The van der Waals surface area contributed by atoms with E-state index in [9.17, 15) is 0 Å². The van der Waals surface area contributed by atoms with Crippen molar-refractivity contribution in [2.75, 3.05) is 36.1 Å². The summed E-state index contributed by atoms with van der Waals surface area (Å²) >= 11 is 0. The molecule has 6 nitrogen and oxygen atoms in total. The summed E-state index contributed by atoms with van der Waals surface area (Å²) in [7, 11) is 2.01. The first kappa shape index (κ1) is 12.5. The molecule has 1 aromatic rings. The van der Waals surface area contributed by atoms with Gasteiger partial charge in [-0.25, -0.2) is 0 Å². The molecule has 0 spiro atoms. The zero-order valence-electron chi connectivity index (χ0n) is 11.4. The lowest BCUT2D eigenvalue weighted by Gasteiger charge is -2.27. The van der Waals surface area contributed by atoms with Crippen LogP contribution < -0.4 is 21.3 Å². The molecular formula is C13H22N6. The Morgan fingerprint density at radius 1 is 1.26 bits per heavy atom. The average molecular weight is 262 g/mol. The summed E-state index contributed by atoms with van der Waals surface area (Å²) in [6, 6.07) is 3.12. The summed E-state index contributed by atoms with van der Waals surface area (Å²) in [5.74, 6) is 2.15. The minimum atomic E-state index is 0.354. The van der Waals surface area contributed by atoms with E-state index in [0.29, 0.717) is 18.0 Å². The molecule has 0 bridgehead atoms. The highest BCUT2D eigenvalue weighted by molar-refractivity contribution is 5.53. The molecule has 2 aliphatic rings. The Bertz CT molecular complexity index is 445. The third-order valence-electron chi connectivity index (χ3n) is 4.11. The molecular weight excluding hydrogens is 240 g/mol. The minimum Gasteiger partial charge on any atom is -0.368 e. The molecule has 1 atom stereocenters. The number of nitrogens with one attached hydrogen (secondary N) is 2. The maximum Gasteiger partial charge on any atom is 0.223 e. The smallest absolute Gasteiger partial charge is 0.223 e. The number of likely N-dealkylation sites (N-methyl/N-ethyl adjacent to an activating group) is 1. The van der Waals surface area contributed by atoms with Gasteiger partial charge in [-0.3, -0.25) is 0 Å². The highest BCUT2D eigenvalue weighted by atomic mass is 15.3. The van der Waals surface area contributed by atoms with Gasteiger partial charge in [-0.2, -0.15) is 9.97 Å². The Kier molecular flexibility index (Phi) is 3.42. The molecule has 4 N–H and O–H groups in total. The van der Waals surface area contributed by atoms with Crippen LogP contribution in [0, 0.1) is 0 Å². The summed E-state index contributed by atoms with van der Waals surface area (Å²) < 4.78 is 0. The van der Waals surface area contributed by atoms with Crippen LogP contribution in [0.25, 0.3) is 0 Å². The Labute approximate surface area is 113 Å². The number of nitrogens with two attached hydrogens (primary N) is 1. The summed E-state index contributed by atoms with van der Waals surface area (Å²) in [6.07, 6.45) is 4.91. The van der Waals surface area contributed by atoms with E-state index in [1.54, 1.807) is 0 Å². The number of nitrogen functional groups attached to an aromatic ring is 1. The topological polar surface area (TPSA) is 79.1 Å². The van der Waals surface area contributed by atoms with Crippen molar-refractivity contribution in [1.29, 1.82) is 0 Å². The number of hydrogen-bond acceptors (Lipinski definition) is 6. The quantitative estimate of drug-likeness (QED) is 0.745. The van der Waals surface area contributed by atoms with Gasteiger partial charge in [-0.1, -0.05) is 0 Å². The van der Waals surface area contributed by atoms with Gasteiger partial charge in [0.15, 0.2) is 0 Å². The van der Waals surface area contributed by atoms with Crippen molar-refractivity contribution in [3.05, 3.63) is 6.07 Å². The molecule has 2 fully saturated rings. The van der Waals surface area contributed by atoms with E-state index in [4.69, 9.17) is 5.73 Å². The Morgan fingerprint density at radius 3 is 2.74 bits per heavy atom. The molecule has 2 heterocycles. The Balaban J connectivity index is 1.73. The largest absolute Gasteiger partial charge is 0.368 e. The van der Waals surface area contributed by atoms with Crippen molar-refractivity contribution in [1.82, 2.24) is 15.3 Å². The van der Waals surface area contributed by atoms with E-state index < -0.39 is 0 Å². The SMILES string of the molecule is CN[C@@H]1CCN(c2cc(NC3CCC3)nc(N)n2)C1. The number of aromatic nitrogens is 2. The fourth-order valence-corrected chi connectivity index (χ4v) is 2.65. The van der Waals surface area contributed by atoms with Crippen molar-refractivity contribution in [3.63, 3.8) is 0 Å². The first-order valence-corrected chi connectivity index (χ1v) is 7.08. The first-order valence-electron chi connectivity index (χ1n) is 7.08. The Hall–Kier alpha value is -1.56. The van der Waals surface area contributed by atoms with E-state index in [1.165, 1.54) is 19.3 Å². The van der Waals surface area contributed by atoms with Crippen LogP contribution in [0.5, 0.6) is 0 Å². The fourth-order valence-electron chi connectivity index (χ4n) is 2.65. The summed E-state index contributed by atoms with van der Waals surface area (Å²) in [5, 5.41) is 6.75. The van der Waals surface area contributed by atoms with Gasteiger partial charge >= 0.3 is 0 Å². The highest BCUT2D eigenvalue weighted by Gasteiger charge is 2.23. The standard InChI is InChI=1S/C13H22N6/c1-15-10-5-6-19(8-10)12-7-11(17-13(14)18-12)16-9-3-2-4-9/h7,9-10,15H,2-6,8H2,1H3,(H3,14,16,17,18)/t10-/m1/s1. The predicted octanol–water partition coefficient (Wildman–Crippen LogP) is 0.821. The van der Waals surface area contributed by atoms with Gasteiger partial charge < -0.3 is 21.3 Å². The normalized spacial score (nSPS) is 23.4. The van der Waals surface area contributed by atoms with Crippen molar-refractivity contribution < 1.29 is 0 Å². The molecule has 3 rings (SSSR count). The zero-order chi connectivity index (χ0) is 13.2. The summed E-state index contributed by atoms with van der Waals surface area (Å²) in [6.45, 7) is 2.00. The van der Waals surface area contributed by atoms with Crippen molar-refractivity contribution >= 4 is 17.6 Å². The first-order chi connectivity index (χ1) is 9.24. The van der Waals surface area contributed by atoms with E-state index in [-0.39, 0.29) is 0 Å². The number of rotatable bonds is 4. The molecule has 1 saturated carbocycles. The maximum absolute atomic E-state index is 5.82. The molecule has 19 heavy (non-hydrogen) atoms. The molecule has 1 saturated heterocycles. The second-order valence-electron chi connectivity index (χ2n) is 5.46. The number of nitrogens with zero attached hydrogens (tertiary/aromatic N) is 3. The molecule has 1 aliphatic carbocycles. The molecule has 0 unspecified atom stereocenters. The summed E-state index contributed by atoms with van der Waals surface area (Å²) in [4.78, 5) is 10.9. The highest BCUT2D eigenvalue weighted by Crippen LogP contribution is 2.25. The van der Waals surface area contributed by atoms with Crippen LogP contribution in [0.15, 0.2) is 6.07 Å². The van der Waals surface area contributed by atoms with Crippen LogP contribution in [0.2, 0.25) is 0 Å². The van der Waals surface area contributed by atoms with Gasteiger partial charge in [0.1, 0.15) is 11.6 Å². The van der Waals surface area contributed by atoms with Crippen LogP contribution in [-0.4, -0.2) is 42.2 Å². The van der Waals surface area contributed by atoms with Crippen LogP contribution in [-0.2, 0) is 0 Å². The van der Waals surface area contributed by atoms with Crippen LogP contribution in [0.4, 0.5) is 17.6 Å². The van der Waals surface area contributed by atoms with Crippen LogP contribution in [0.1, 0.15) is 25.7 Å². The third-order valence-corrected chi connectivity index (χ3v) is 4.11. The van der Waals surface area contributed by atoms with Gasteiger partial charge in [-0.15, -0.1) is 0 Å². The van der Waals surface area contributed by atoms with Gasteiger partial charge in [0.25, 0.3) is 0 Å². The lowest BCUT2D eigenvalue weighted by molar-refractivity contribution is 0.444. The summed E-state index contributed by atoms with van der Waals surface area (Å²) in [5.41, 5.74) is 5.82. The monoisotopic (exact) mass is 262 g/mol. The third kappa shape index (κ3) is 2.73. The average Bonchev–Trinajstić information content (AvgIpc) is 2.82. The second kappa shape index (κ2) is 5.21. The second-order valence-corrected chi connectivity index (χ2v) is 5.46. The molecule has 1 aromatic heterocycles. The van der Waals surface area contributed by atoms with Gasteiger partial charge in [0, 0.05) is 31.2 Å². The molecule has 1 aliphatic heterocycles. The number of hydrogen-bond donors (Lipinski definition) is 3. The van der Waals surface area contributed by atoms with Gasteiger partial charge in [-0.05, 0) is 32.7 Å². The fraction of sp³-hybridized carbons (Fsp3) is 0.692. The molecule has 104 valence electrons. The van der Waals surface area contributed by atoms with Gasteiger partial charge in [0.2, 0.25) is 5.95 Å². The maximum atomic E-state index is 5.82. The van der Waals surface area contributed by atoms with Crippen molar-refractivity contribution in [2.24, 2.45) is 0 Å². The molecule has 0 radical (unpaired) electrons. The van der Waals surface area contributed by atoms with E-state index in [2.05, 4.69) is 25.5 Å². The van der Waals surface area contributed by atoms with E-state index >= 15 is 0 Å². The van der Waals surface area contributed by atoms with Crippen LogP contribution >= 0.6 is 0 Å². The van der Waals surface area contributed by atoms with Crippen molar-refractivity contribution in [3.8, 4) is 0 Å². The molecule has 0 aromatic carbocycles. The zero-order valence-corrected chi connectivity index (χ0v) is 11.4. The van der Waals surface area contributed by atoms with Gasteiger partial charge in [0.05, 0.1) is 0 Å². The Morgan fingerprint density at radius 2 is 2.11 bits per heavy atom. The van der Waals surface area contributed by atoms with E-state index in [1.807, 2.05) is 13.1 Å². The molecule has 6 heteroatoms. The van der Waals surface area contributed by atoms with Crippen LogP contribution in [0.3, 0.4) is 0 Å². The number of anilines is 3. The predicted molar refractivity (Wildman–Crippen MR) is 77.4 cm³/mol. The molecule has 0 amide bonds. The van der Waals surface area contributed by atoms with E-state index in [0.717, 1.165) is 31.1 Å². The minimum absolute atomic E-state index is 0.354.